The molecule has 0 spiro atoms. The van der Waals surface area contributed by atoms with Gasteiger partial charge in [0.1, 0.15) is 6.17 Å². The highest BCUT2D eigenvalue weighted by Gasteiger charge is 2.23. The van der Waals surface area contributed by atoms with Gasteiger partial charge in [-0.3, -0.25) is 0 Å². The minimum Gasteiger partial charge on any atom is -0.330 e. The summed E-state index contributed by atoms with van der Waals surface area (Å²) in [5, 5.41) is 0. The Hall–Kier alpha value is -0.410. The van der Waals surface area contributed by atoms with E-state index in [-0.39, 0.29) is 11.8 Å². The Kier molecular flexibility index (Phi) is 5.42. The molecule has 1 nitrogen and oxygen atoms in total. The molecule has 2 N–H and O–H groups in total. The summed E-state index contributed by atoms with van der Waals surface area (Å²) in [6.07, 6.45) is -0.418. The van der Waals surface area contributed by atoms with E-state index >= 15 is 0 Å². The van der Waals surface area contributed by atoms with Gasteiger partial charge in [0.15, 0.2) is 0 Å². The molecule has 16 heavy (non-hydrogen) atoms. The van der Waals surface area contributed by atoms with Crippen molar-refractivity contribution < 1.29 is 4.39 Å². The van der Waals surface area contributed by atoms with Crippen LogP contribution in [0.4, 0.5) is 4.39 Å². The molecule has 1 aromatic rings. The van der Waals surface area contributed by atoms with Gasteiger partial charge in [-0.1, -0.05) is 41.9 Å². The number of hydrogen-bond donors (Lipinski definition) is 1. The molecule has 0 fully saturated rings. The van der Waals surface area contributed by atoms with Gasteiger partial charge in [-0.05, 0) is 30.2 Å². The average molecular weight is 288 g/mol. The molecule has 0 heterocycles. The van der Waals surface area contributed by atoms with Gasteiger partial charge in [0, 0.05) is 16.8 Å². The number of nitrogens with two attached hydrogens (primary N) is 1. The number of hydrogen-bond acceptors (Lipinski definition) is 1. The summed E-state index contributed by atoms with van der Waals surface area (Å²) in [5.41, 5.74) is 6.62. The van der Waals surface area contributed by atoms with E-state index in [2.05, 4.69) is 15.9 Å². The van der Waals surface area contributed by atoms with E-state index in [0.717, 1.165) is 10.0 Å². The summed E-state index contributed by atoms with van der Waals surface area (Å²) in [5.74, 6) is 0.228. The van der Waals surface area contributed by atoms with Crippen LogP contribution < -0.4 is 5.73 Å². The minimum absolute atomic E-state index is 0.0565. The number of alkyl halides is 1. The van der Waals surface area contributed by atoms with Crippen molar-refractivity contribution in [2.45, 2.75) is 26.4 Å². The zero-order valence-electron chi connectivity index (χ0n) is 9.79. The first-order valence-corrected chi connectivity index (χ1v) is 6.42. The van der Waals surface area contributed by atoms with Gasteiger partial charge in [0.25, 0.3) is 0 Å². The van der Waals surface area contributed by atoms with Crippen molar-refractivity contribution in [1.82, 2.24) is 0 Å². The van der Waals surface area contributed by atoms with Crippen molar-refractivity contribution in [3.63, 3.8) is 0 Å². The maximum atomic E-state index is 14.0. The minimum atomic E-state index is -0.862. The van der Waals surface area contributed by atoms with Crippen LogP contribution in [0.5, 0.6) is 0 Å². The summed E-state index contributed by atoms with van der Waals surface area (Å²) < 4.78 is 15.0. The summed E-state index contributed by atoms with van der Waals surface area (Å²) in [7, 11) is 0. The summed E-state index contributed by atoms with van der Waals surface area (Å²) in [4.78, 5) is 0. The van der Waals surface area contributed by atoms with Gasteiger partial charge in [0.2, 0.25) is 0 Å². The molecular formula is C13H19BrFN. The predicted octanol–water partition coefficient (Wildman–Crippen LogP) is 3.56. The highest BCUT2D eigenvalue weighted by molar-refractivity contribution is 9.10. The van der Waals surface area contributed by atoms with Crippen molar-refractivity contribution >= 4 is 15.9 Å². The largest absolute Gasteiger partial charge is 0.330 e. The monoisotopic (exact) mass is 287 g/mol. The Bertz CT molecular complexity index is 327. The number of halogens is 2. The molecular weight excluding hydrogens is 269 g/mol. The normalized spacial score (nSPS) is 15.1. The summed E-state index contributed by atoms with van der Waals surface area (Å²) >= 11 is 3.39. The average Bonchev–Trinajstić information content (AvgIpc) is 2.17. The van der Waals surface area contributed by atoms with Crippen LogP contribution in [0.3, 0.4) is 0 Å². The standard InChI is InChI=1S/C13H19BrFN/c1-9(2)12(8-16)13(15)7-10-4-3-5-11(14)6-10/h3-6,9,12-13H,7-8,16H2,1-2H3. The van der Waals surface area contributed by atoms with Crippen LogP contribution >= 0.6 is 15.9 Å². The number of benzene rings is 1. The highest BCUT2D eigenvalue weighted by atomic mass is 79.9. The van der Waals surface area contributed by atoms with Crippen molar-refractivity contribution in [2.24, 2.45) is 17.6 Å². The fraction of sp³-hybridized carbons (Fsp3) is 0.538. The molecule has 0 radical (unpaired) electrons. The first kappa shape index (κ1) is 13.7. The first-order chi connectivity index (χ1) is 7.54. The van der Waals surface area contributed by atoms with Crippen LogP contribution in [0.15, 0.2) is 28.7 Å². The van der Waals surface area contributed by atoms with Gasteiger partial charge < -0.3 is 5.73 Å². The second-order valence-corrected chi connectivity index (χ2v) is 5.41. The van der Waals surface area contributed by atoms with Crippen LogP contribution in [0.2, 0.25) is 0 Å². The van der Waals surface area contributed by atoms with Crippen LogP contribution in [-0.4, -0.2) is 12.7 Å². The topological polar surface area (TPSA) is 26.0 Å². The zero-order valence-corrected chi connectivity index (χ0v) is 11.4. The van der Waals surface area contributed by atoms with E-state index < -0.39 is 6.17 Å². The maximum absolute atomic E-state index is 14.0. The van der Waals surface area contributed by atoms with E-state index in [4.69, 9.17) is 5.73 Å². The molecule has 0 aliphatic heterocycles. The third kappa shape index (κ3) is 3.87. The second-order valence-electron chi connectivity index (χ2n) is 4.49. The van der Waals surface area contributed by atoms with Crippen LogP contribution in [0, 0.1) is 11.8 Å². The fourth-order valence-corrected chi connectivity index (χ4v) is 2.32. The van der Waals surface area contributed by atoms with Crippen molar-refractivity contribution in [3.8, 4) is 0 Å². The Balaban J connectivity index is 2.66. The molecule has 90 valence electrons. The quantitative estimate of drug-likeness (QED) is 0.880. The molecule has 0 amide bonds. The third-order valence-corrected chi connectivity index (χ3v) is 3.41. The van der Waals surface area contributed by atoms with Crippen molar-refractivity contribution in [3.05, 3.63) is 34.3 Å². The van der Waals surface area contributed by atoms with Gasteiger partial charge in [-0.15, -0.1) is 0 Å². The van der Waals surface area contributed by atoms with E-state index in [9.17, 15) is 4.39 Å². The van der Waals surface area contributed by atoms with Gasteiger partial charge in [-0.2, -0.15) is 0 Å². The molecule has 2 unspecified atom stereocenters. The van der Waals surface area contributed by atoms with E-state index in [1.54, 1.807) is 0 Å². The molecule has 0 bridgehead atoms. The Labute approximate surface area is 105 Å². The molecule has 0 saturated heterocycles. The van der Waals surface area contributed by atoms with Gasteiger partial charge >= 0.3 is 0 Å². The van der Waals surface area contributed by atoms with Crippen molar-refractivity contribution in [2.75, 3.05) is 6.54 Å². The number of rotatable bonds is 5. The van der Waals surface area contributed by atoms with Crippen LogP contribution in [-0.2, 0) is 6.42 Å². The van der Waals surface area contributed by atoms with E-state index in [1.165, 1.54) is 0 Å². The van der Waals surface area contributed by atoms with Gasteiger partial charge in [0.05, 0.1) is 0 Å². The highest BCUT2D eigenvalue weighted by Crippen LogP contribution is 2.22. The van der Waals surface area contributed by atoms with E-state index in [1.807, 2.05) is 38.1 Å². The maximum Gasteiger partial charge on any atom is 0.108 e. The lowest BCUT2D eigenvalue weighted by atomic mass is 9.88. The second kappa shape index (κ2) is 6.36. The van der Waals surface area contributed by atoms with Crippen LogP contribution in [0.25, 0.3) is 0 Å². The Morgan fingerprint density at radius 2 is 2.06 bits per heavy atom. The zero-order chi connectivity index (χ0) is 12.1. The van der Waals surface area contributed by atoms with E-state index in [0.29, 0.717) is 13.0 Å². The first-order valence-electron chi connectivity index (χ1n) is 5.63. The predicted molar refractivity (Wildman–Crippen MR) is 70.1 cm³/mol. The lowest BCUT2D eigenvalue weighted by Gasteiger charge is -2.23. The lowest BCUT2D eigenvalue weighted by Crippen LogP contribution is -2.30. The summed E-state index contributed by atoms with van der Waals surface area (Å²) in [6.45, 7) is 4.45. The Morgan fingerprint density at radius 3 is 2.56 bits per heavy atom. The Morgan fingerprint density at radius 1 is 1.38 bits per heavy atom. The molecule has 2 atom stereocenters. The molecule has 1 rings (SSSR count). The van der Waals surface area contributed by atoms with Gasteiger partial charge in [-0.25, -0.2) is 4.39 Å². The smallest absolute Gasteiger partial charge is 0.108 e. The summed E-state index contributed by atoms with van der Waals surface area (Å²) in [6, 6.07) is 7.78. The third-order valence-electron chi connectivity index (χ3n) is 2.91. The molecule has 1 aromatic carbocycles. The molecule has 3 heteroatoms. The molecule has 0 aliphatic rings. The lowest BCUT2D eigenvalue weighted by molar-refractivity contribution is 0.185. The SMILES string of the molecule is CC(C)C(CN)C(F)Cc1cccc(Br)c1. The molecule has 0 saturated carbocycles. The fourth-order valence-electron chi connectivity index (χ4n) is 1.88. The van der Waals surface area contributed by atoms with Crippen molar-refractivity contribution in [1.29, 1.82) is 0 Å². The van der Waals surface area contributed by atoms with Crippen LogP contribution in [0.1, 0.15) is 19.4 Å². The molecule has 0 aliphatic carbocycles. The molecule has 0 aromatic heterocycles.